The molecule has 4 rings (SSSR count). The average Bonchev–Trinajstić information content (AvgIpc) is 3.07. The molecular weight excluding hydrogens is 419 g/mol. The molecule has 0 saturated heterocycles. The van der Waals surface area contributed by atoms with Crippen molar-refractivity contribution >= 4 is 34.7 Å². The number of aromatic nitrogens is 2. The minimum absolute atomic E-state index is 0.295. The number of nitrogens with one attached hydrogen (secondary N) is 1. The van der Waals surface area contributed by atoms with Crippen LogP contribution in [0.5, 0.6) is 5.75 Å². The summed E-state index contributed by atoms with van der Waals surface area (Å²) in [7, 11) is 0. The summed E-state index contributed by atoms with van der Waals surface area (Å²) in [5, 5.41) is 3.87. The lowest BCUT2D eigenvalue weighted by Gasteiger charge is -2.15. The van der Waals surface area contributed by atoms with Crippen molar-refractivity contribution in [3.63, 3.8) is 0 Å². The second-order valence-corrected chi connectivity index (χ2v) is 7.61. The number of pyridine rings is 1. The summed E-state index contributed by atoms with van der Waals surface area (Å²) in [6.07, 6.45) is 1.36. The van der Waals surface area contributed by atoms with E-state index in [4.69, 9.17) is 22.1 Å². The minimum Gasteiger partial charge on any atom is -0.483 e. The molecule has 31 heavy (non-hydrogen) atoms. The molecule has 0 aliphatic carbocycles. The molecule has 0 atom stereocenters. The van der Waals surface area contributed by atoms with Gasteiger partial charge in [0.1, 0.15) is 28.7 Å². The van der Waals surface area contributed by atoms with Crippen molar-refractivity contribution in [2.24, 2.45) is 5.73 Å². The Morgan fingerprint density at radius 3 is 2.65 bits per heavy atom. The first-order chi connectivity index (χ1) is 14.8. The molecule has 0 aliphatic rings. The van der Waals surface area contributed by atoms with Gasteiger partial charge in [-0.2, -0.15) is 0 Å². The van der Waals surface area contributed by atoms with Crippen LogP contribution in [0.2, 0.25) is 5.02 Å². The van der Waals surface area contributed by atoms with E-state index in [2.05, 4.69) is 10.3 Å². The van der Waals surface area contributed by atoms with E-state index in [0.717, 1.165) is 16.8 Å². The molecule has 0 bridgehead atoms. The van der Waals surface area contributed by atoms with E-state index < -0.39 is 11.7 Å². The van der Waals surface area contributed by atoms with Crippen LogP contribution < -0.4 is 15.8 Å². The van der Waals surface area contributed by atoms with Crippen LogP contribution in [0, 0.1) is 19.7 Å². The number of carbonyl (C=O) groups excluding carboxylic acids is 1. The predicted molar refractivity (Wildman–Crippen MR) is 119 cm³/mol. The normalized spacial score (nSPS) is 11.0. The Bertz CT molecular complexity index is 1280. The fourth-order valence-electron chi connectivity index (χ4n) is 3.42. The van der Waals surface area contributed by atoms with Crippen molar-refractivity contribution in [3.8, 4) is 17.0 Å². The maximum atomic E-state index is 14.1. The minimum atomic E-state index is -0.605. The Balaban J connectivity index is 1.94. The molecule has 0 aliphatic heterocycles. The summed E-state index contributed by atoms with van der Waals surface area (Å²) in [6, 6.07) is 13.9. The summed E-state index contributed by atoms with van der Waals surface area (Å²) < 4.78 is 21.3. The van der Waals surface area contributed by atoms with Gasteiger partial charge in [0.15, 0.2) is 6.61 Å². The summed E-state index contributed by atoms with van der Waals surface area (Å²) in [6.45, 7) is 3.68. The third kappa shape index (κ3) is 4.18. The third-order valence-corrected chi connectivity index (χ3v) is 5.11. The van der Waals surface area contributed by atoms with Crippen LogP contribution in [0.1, 0.15) is 11.1 Å². The number of imidazole rings is 1. The number of hydrogen-bond acceptors (Lipinski definition) is 4. The van der Waals surface area contributed by atoms with Crippen LogP contribution in [0.15, 0.2) is 54.7 Å². The van der Waals surface area contributed by atoms with Crippen molar-refractivity contribution in [1.82, 2.24) is 9.38 Å². The van der Waals surface area contributed by atoms with E-state index in [1.54, 1.807) is 28.7 Å². The third-order valence-electron chi connectivity index (χ3n) is 4.87. The van der Waals surface area contributed by atoms with Crippen molar-refractivity contribution in [2.75, 3.05) is 11.9 Å². The summed E-state index contributed by atoms with van der Waals surface area (Å²) in [5.41, 5.74) is 9.74. The standard InChI is InChI=1S/C23H20ClFN4O2/c1-13-4-3-5-14(2)21(13)28-23-22(27-20-9-7-16(25)11-29(20)23)17-10-15(24)6-8-18(17)31-12-19(26)30/h3-11,28H,12H2,1-2H3,(H2,26,30). The molecule has 2 heterocycles. The number of nitrogens with two attached hydrogens (primary N) is 1. The molecule has 0 unspecified atom stereocenters. The number of para-hydroxylation sites is 1. The predicted octanol–water partition coefficient (Wildman–Crippen LogP) is 5.02. The van der Waals surface area contributed by atoms with Crippen LogP contribution in [0.25, 0.3) is 16.9 Å². The number of rotatable bonds is 6. The Labute approximate surface area is 183 Å². The topological polar surface area (TPSA) is 81.6 Å². The number of ether oxygens (including phenoxy) is 1. The van der Waals surface area contributed by atoms with E-state index in [1.165, 1.54) is 12.3 Å². The highest BCUT2D eigenvalue weighted by atomic mass is 35.5. The fourth-order valence-corrected chi connectivity index (χ4v) is 3.59. The first-order valence-electron chi connectivity index (χ1n) is 9.55. The number of primary amides is 1. The van der Waals surface area contributed by atoms with E-state index >= 15 is 0 Å². The lowest BCUT2D eigenvalue weighted by atomic mass is 10.1. The molecule has 0 saturated carbocycles. The van der Waals surface area contributed by atoms with Gasteiger partial charge in [-0.1, -0.05) is 29.8 Å². The number of aryl methyl sites for hydroxylation is 2. The fraction of sp³-hybridized carbons (Fsp3) is 0.130. The quantitative estimate of drug-likeness (QED) is 0.443. The number of carbonyl (C=O) groups is 1. The number of anilines is 2. The molecule has 3 N–H and O–H groups in total. The molecular formula is C23H20ClFN4O2. The Morgan fingerprint density at radius 1 is 1.19 bits per heavy atom. The zero-order valence-electron chi connectivity index (χ0n) is 16.9. The highest BCUT2D eigenvalue weighted by molar-refractivity contribution is 6.31. The van der Waals surface area contributed by atoms with Gasteiger partial charge in [-0.3, -0.25) is 9.20 Å². The number of benzene rings is 2. The van der Waals surface area contributed by atoms with Crippen molar-refractivity contribution in [2.45, 2.75) is 13.8 Å². The van der Waals surface area contributed by atoms with Crippen LogP contribution in [0.4, 0.5) is 15.9 Å². The molecule has 4 aromatic rings. The Kier molecular flexibility index (Phi) is 5.52. The second-order valence-electron chi connectivity index (χ2n) is 7.17. The van der Waals surface area contributed by atoms with Crippen LogP contribution >= 0.6 is 11.6 Å². The van der Waals surface area contributed by atoms with Gasteiger partial charge in [0.25, 0.3) is 5.91 Å². The summed E-state index contributed by atoms with van der Waals surface area (Å²) in [4.78, 5) is 15.9. The van der Waals surface area contributed by atoms with E-state index in [-0.39, 0.29) is 6.61 Å². The number of hydrogen-bond donors (Lipinski definition) is 2. The maximum Gasteiger partial charge on any atom is 0.255 e. The molecule has 0 fully saturated rings. The van der Waals surface area contributed by atoms with Gasteiger partial charge in [0.05, 0.1) is 0 Å². The molecule has 158 valence electrons. The van der Waals surface area contributed by atoms with Crippen LogP contribution in [-0.4, -0.2) is 21.9 Å². The van der Waals surface area contributed by atoms with Crippen LogP contribution in [0.3, 0.4) is 0 Å². The van der Waals surface area contributed by atoms with E-state index in [9.17, 15) is 9.18 Å². The van der Waals surface area contributed by atoms with Gasteiger partial charge >= 0.3 is 0 Å². The van der Waals surface area contributed by atoms with Gasteiger partial charge in [-0.25, -0.2) is 9.37 Å². The second kappa shape index (κ2) is 8.28. The number of halogens is 2. The maximum absolute atomic E-state index is 14.1. The first kappa shape index (κ1) is 20.7. The van der Waals surface area contributed by atoms with Crippen molar-refractivity contribution < 1.29 is 13.9 Å². The monoisotopic (exact) mass is 438 g/mol. The molecule has 6 nitrogen and oxygen atoms in total. The lowest BCUT2D eigenvalue weighted by molar-refractivity contribution is -0.119. The zero-order chi connectivity index (χ0) is 22.1. The zero-order valence-corrected chi connectivity index (χ0v) is 17.7. The van der Waals surface area contributed by atoms with Gasteiger partial charge < -0.3 is 15.8 Å². The molecule has 0 spiro atoms. The van der Waals surface area contributed by atoms with Crippen molar-refractivity contribution in [3.05, 3.63) is 76.7 Å². The molecule has 8 heteroatoms. The highest BCUT2D eigenvalue weighted by Gasteiger charge is 2.20. The first-order valence-corrected chi connectivity index (χ1v) is 9.93. The summed E-state index contributed by atoms with van der Waals surface area (Å²) >= 11 is 6.25. The number of fused-ring (bicyclic) bond motifs is 1. The smallest absolute Gasteiger partial charge is 0.255 e. The van der Waals surface area contributed by atoms with Gasteiger partial charge in [-0.15, -0.1) is 0 Å². The average molecular weight is 439 g/mol. The molecule has 2 aromatic heterocycles. The van der Waals surface area contributed by atoms with Crippen LogP contribution in [-0.2, 0) is 4.79 Å². The largest absolute Gasteiger partial charge is 0.483 e. The Morgan fingerprint density at radius 2 is 1.94 bits per heavy atom. The lowest BCUT2D eigenvalue weighted by Crippen LogP contribution is -2.20. The Hall–Kier alpha value is -3.58. The number of amides is 1. The highest BCUT2D eigenvalue weighted by Crippen LogP contribution is 2.39. The molecule has 1 amide bonds. The summed E-state index contributed by atoms with van der Waals surface area (Å²) in [5.74, 6) is -0.0844. The molecule has 2 aromatic carbocycles. The van der Waals surface area contributed by atoms with Gasteiger partial charge in [0.2, 0.25) is 0 Å². The number of nitrogens with zero attached hydrogens (tertiary/aromatic N) is 2. The van der Waals surface area contributed by atoms with Gasteiger partial charge in [-0.05, 0) is 55.3 Å². The van der Waals surface area contributed by atoms with Crippen molar-refractivity contribution in [1.29, 1.82) is 0 Å². The van der Waals surface area contributed by atoms with E-state index in [0.29, 0.717) is 33.5 Å². The molecule has 0 radical (unpaired) electrons. The SMILES string of the molecule is Cc1cccc(C)c1Nc1c(-c2cc(Cl)ccc2OCC(N)=O)nc2ccc(F)cn12. The van der Waals surface area contributed by atoms with Gasteiger partial charge in [0, 0.05) is 22.5 Å². The van der Waals surface area contributed by atoms with E-state index in [1.807, 2.05) is 32.0 Å².